The summed E-state index contributed by atoms with van der Waals surface area (Å²) >= 11 is 0. The Morgan fingerprint density at radius 3 is 2.63 bits per heavy atom. The zero-order valence-corrected chi connectivity index (χ0v) is 16.3. The third kappa shape index (κ3) is 3.83. The molecule has 1 saturated heterocycles. The summed E-state index contributed by atoms with van der Waals surface area (Å²) in [5.74, 6) is 1.90. The van der Waals surface area contributed by atoms with E-state index in [9.17, 15) is 0 Å². The molecule has 2 aromatic rings. The summed E-state index contributed by atoms with van der Waals surface area (Å²) in [5.41, 5.74) is 5.16. The van der Waals surface area contributed by atoms with E-state index in [0.717, 1.165) is 57.2 Å². The first-order valence-electron chi connectivity index (χ1n) is 9.83. The van der Waals surface area contributed by atoms with Crippen LogP contribution in [0, 0.1) is 0 Å². The van der Waals surface area contributed by atoms with Crippen LogP contribution >= 0.6 is 0 Å². The molecule has 0 amide bonds. The van der Waals surface area contributed by atoms with Crippen molar-refractivity contribution in [2.75, 3.05) is 56.7 Å². The average molecular weight is 367 g/mol. The summed E-state index contributed by atoms with van der Waals surface area (Å²) < 4.78 is 11.3. The number of nitrogens with one attached hydrogen (secondary N) is 1. The Morgan fingerprint density at radius 2 is 1.85 bits per heavy atom. The predicted molar refractivity (Wildman–Crippen MR) is 110 cm³/mol. The van der Waals surface area contributed by atoms with Gasteiger partial charge in [-0.05, 0) is 42.2 Å². The summed E-state index contributed by atoms with van der Waals surface area (Å²) in [6, 6.07) is 13.0. The number of hydrogen-bond donors (Lipinski definition) is 1. The van der Waals surface area contributed by atoms with Crippen LogP contribution in [0.2, 0.25) is 0 Å². The molecule has 2 aliphatic heterocycles. The number of methoxy groups -OCH3 is 2. The van der Waals surface area contributed by atoms with Gasteiger partial charge >= 0.3 is 0 Å². The first-order valence-corrected chi connectivity index (χ1v) is 9.83. The minimum atomic E-state index is 0.865. The monoisotopic (exact) mass is 367 g/mol. The molecule has 0 unspecified atom stereocenters. The number of ether oxygens (including phenoxy) is 2. The van der Waals surface area contributed by atoms with Crippen molar-refractivity contribution in [3.8, 4) is 11.5 Å². The van der Waals surface area contributed by atoms with E-state index >= 15 is 0 Å². The van der Waals surface area contributed by atoms with Gasteiger partial charge in [0.05, 0.1) is 19.9 Å². The van der Waals surface area contributed by atoms with Crippen LogP contribution in [-0.4, -0.2) is 46.9 Å². The summed E-state index contributed by atoms with van der Waals surface area (Å²) in [5, 5.41) is 3.42. The molecule has 0 aromatic heterocycles. The standard InChI is InChI=1S/C22H29N3O2/c1-26-20-14-17(13-19(15-20)24-11-8-23-9-12-24)16-25-10-4-6-18-5-3-7-21(27-2)22(18)25/h3,5,7,13-15,23H,4,6,8-12,16H2,1-2H3. The lowest BCUT2D eigenvalue weighted by atomic mass is 10.00. The second-order valence-electron chi connectivity index (χ2n) is 7.27. The summed E-state index contributed by atoms with van der Waals surface area (Å²) in [6.45, 7) is 6.05. The first-order chi connectivity index (χ1) is 13.3. The third-order valence-electron chi connectivity index (χ3n) is 5.54. The van der Waals surface area contributed by atoms with E-state index in [2.05, 4.69) is 51.5 Å². The second kappa shape index (κ2) is 8.09. The molecule has 4 rings (SSSR count). The topological polar surface area (TPSA) is 37.0 Å². The van der Waals surface area contributed by atoms with Crippen molar-refractivity contribution in [3.05, 3.63) is 47.5 Å². The SMILES string of the molecule is COc1cc(CN2CCCc3cccc(OC)c32)cc(N2CCNCC2)c1. The first kappa shape index (κ1) is 18.0. The Morgan fingerprint density at radius 1 is 1.00 bits per heavy atom. The normalized spacial score (nSPS) is 16.8. The van der Waals surface area contributed by atoms with E-state index < -0.39 is 0 Å². The molecule has 0 bridgehead atoms. The fraction of sp³-hybridized carbons (Fsp3) is 0.455. The Kier molecular flexibility index (Phi) is 5.39. The predicted octanol–water partition coefficient (Wildman–Crippen LogP) is 3.07. The molecule has 0 saturated carbocycles. The highest BCUT2D eigenvalue weighted by atomic mass is 16.5. The van der Waals surface area contributed by atoms with Gasteiger partial charge in [-0.15, -0.1) is 0 Å². The number of benzene rings is 2. The Bertz CT molecular complexity index is 773. The molecule has 144 valence electrons. The maximum Gasteiger partial charge on any atom is 0.142 e. The van der Waals surface area contributed by atoms with Crippen molar-refractivity contribution in [2.24, 2.45) is 0 Å². The fourth-order valence-corrected chi connectivity index (χ4v) is 4.20. The van der Waals surface area contributed by atoms with Gasteiger partial charge in [0.15, 0.2) is 0 Å². The maximum absolute atomic E-state index is 5.66. The van der Waals surface area contributed by atoms with Crippen molar-refractivity contribution in [2.45, 2.75) is 19.4 Å². The second-order valence-corrected chi connectivity index (χ2v) is 7.27. The van der Waals surface area contributed by atoms with Crippen LogP contribution in [0.5, 0.6) is 11.5 Å². The molecule has 0 radical (unpaired) electrons. The van der Waals surface area contributed by atoms with Gasteiger partial charge in [-0.2, -0.15) is 0 Å². The Labute approximate surface area is 161 Å². The maximum atomic E-state index is 5.66. The van der Waals surface area contributed by atoms with Crippen molar-refractivity contribution in [1.82, 2.24) is 5.32 Å². The summed E-state index contributed by atoms with van der Waals surface area (Å²) in [4.78, 5) is 4.89. The molecule has 0 spiro atoms. The average Bonchev–Trinajstić information content (AvgIpc) is 2.74. The van der Waals surface area contributed by atoms with E-state index in [1.54, 1.807) is 14.2 Å². The molecule has 27 heavy (non-hydrogen) atoms. The van der Waals surface area contributed by atoms with Crippen molar-refractivity contribution in [1.29, 1.82) is 0 Å². The quantitative estimate of drug-likeness (QED) is 0.879. The molecular formula is C22H29N3O2. The molecule has 0 atom stereocenters. The molecule has 0 aliphatic carbocycles. The summed E-state index contributed by atoms with van der Waals surface area (Å²) in [6.07, 6.45) is 2.29. The number of aryl methyl sites for hydroxylation is 1. The van der Waals surface area contributed by atoms with Gasteiger partial charge in [0, 0.05) is 51.0 Å². The number of rotatable bonds is 5. The van der Waals surface area contributed by atoms with Crippen LogP contribution in [0.1, 0.15) is 17.5 Å². The van der Waals surface area contributed by atoms with Crippen molar-refractivity contribution in [3.63, 3.8) is 0 Å². The van der Waals surface area contributed by atoms with Gasteiger partial charge < -0.3 is 24.6 Å². The molecule has 1 N–H and O–H groups in total. The lowest BCUT2D eigenvalue weighted by molar-refractivity contribution is 0.411. The number of fused-ring (bicyclic) bond motifs is 1. The molecule has 1 fully saturated rings. The number of hydrogen-bond acceptors (Lipinski definition) is 5. The third-order valence-corrected chi connectivity index (χ3v) is 5.54. The minimum absolute atomic E-state index is 0.865. The fourth-order valence-electron chi connectivity index (χ4n) is 4.20. The van der Waals surface area contributed by atoms with Crippen LogP contribution < -0.4 is 24.6 Å². The minimum Gasteiger partial charge on any atom is -0.497 e. The number of piperazine rings is 1. The van der Waals surface area contributed by atoms with Crippen LogP contribution in [0.3, 0.4) is 0 Å². The van der Waals surface area contributed by atoms with Gasteiger partial charge in [0.2, 0.25) is 0 Å². The van der Waals surface area contributed by atoms with Gasteiger partial charge in [-0.3, -0.25) is 0 Å². The molecule has 2 aromatic carbocycles. The van der Waals surface area contributed by atoms with Crippen LogP contribution in [0.4, 0.5) is 11.4 Å². The van der Waals surface area contributed by atoms with E-state index in [1.807, 2.05) is 0 Å². The molecule has 5 nitrogen and oxygen atoms in total. The van der Waals surface area contributed by atoms with Gasteiger partial charge in [-0.25, -0.2) is 0 Å². The zero-order chi connectivity index (χ0) is 18.6. The highest BCUT2D eigenvalue weighted by molar-refractivity contribution is 5.66. The Balaban J connectivity index is 1.63. The van der Waals surface area contributed by atoms with Crippen molar-refractivity contribution >= 4 is 11.4 Å². The Hall–Kier alpha value is -2.40. The van der Waals surface area contributed by atoms with E-state index in [1.165, 1.54) is 28.9 Å². The van der Waals surface area contributed by atoms with Crippen LogP contribution in [0.15, 0.2) is 36.4 Å². The van der Waals surface area contributed by atoms with Gasteiger partial charge in [-0.1, -0.05) is 12.1 Å². The van der Waals surface area contributed by atoms with Crippen molar-refractivity contribution < 1.29 is 9.47 Å². The highest BCUT2D eigenvalue weighted by Crippen LogP contribution is 2.37. The number of para-hydroxylation sites is 1. The lowest BCUT2D eigenvalue weighted by Crippen LogP contribution is -2.43. The van der Waals surface area contributed by atoms with Gasteiger partial charge in [0.25, 0.3) is 0 Å². The zero-order valence-electron chi connectivity index (χ0n) is 16.3. The molecule has 5 heteroatoms. The highest BCUT2D eigenvalue weighted by Gasteiger charge is 2.22. The molecular weight excluding hydrogens is 338 g/mol. The van der Waals surface area contributed by atoms with Crippen LogP contribution in [-0.2, 0) is 13.0 Å². The number of anilines is 2. The largest absolute Gasteiger partial charge is 0.497 e. The lowest BCUT2D eigenvalue weighted by Gasteiger charge is -2.33. The van der Waals surface area contributed by atoms with Gasteiger partial charge in [0.1, 0.15) is 11.5 Å². The van der Waals surface area contributed by atoms with E-state index in [-0.39, 0.29) is 0 Å². The summed E-state index contributed by atoms with van der Waals surface area (Å²) in [7, 11) is 3.51. The number of nitrogens with zero attached hydrogens (tertiary/aromatic N) is 2. The van der Waals surface area contributed by atoms with E-state index in [4.69, 9.17) is 9.47 Å². The molecule has 2 aliphatic rings. The van der Waals surface area contributed by atoms with E-state index in [0.29, 0.717) is 0 Å². The smallest absolute Gasteiger partial charge is 0.142 e. The van der Waals surface area contributed by atoms with Crippen LogP contribution in [0.25, 0.3) is 0 Å². The molecule has 2 heterocycles.